The summed E-state index contributed by atoms with van der Waals surface area (Å²) in [5.74, 6) is -3.55. The lowest BCUT2D eigenvalue weighted by Gasteiger charge is -2.38. The van der Waals surface area contributed by atoms with Crippen LogP contribution in [0.5, 0.6) is 0 Å². The van der Waals surface area contributed by atoms with Crippen molar-refractivity contribution in [1.29, 1.82) is 0 Å². The summed E-state index contributed by atoms with van der Waals surface area (Å²) in [7, 11) is 3.04. The Morgan fingerprint density at radius 1 is 0.911 bits per heavy atom. The van der Waals surface area contributed by atoms with Gasteiger partial charge in [0.2, 0.25) is 23.6 Å². The van der Waals surface area contributed by atoms with Gasteiger partial charge in [-0.2, -0.15) is 0 Å². The third-order valence-corrected chi connectivity index (χ3v) is 9.01. The number of esters is 1. The van der Waals surface area contributed by atoms with Crippen LogP contribution in [-0.2, 0) is 39.9 Å². The van der Waals surface area contributed by atoms with Crippen molar-refractivity contribution in [3.63, 3.8) is 0 Å². The number of cyclic esters (lactones) is 1. The largest absolute Gasteiger partial charge is 0.452 e. The van der Waals surface area contributed by atoms with E-state index in [-0.39, 0.29) is 31.2 Å². The van der Waals surface area contributed by atoms with Crippen LogP contribution in [0.1, 0.15) is 65.9 Å². The van der Waals surface area contributed by atoms with E-state index in [9.17, 15) is 28.8 Å². The lowest BCUT2D eigenvalue weighted by molar-refractivity contribution is -0.161. The van der Waals surface area contributed by atoms with Crippen LogP contribution < -0.4 is 10.6 Å². The second kappa shape index (κ2) is 15.9. The summed E-state index contributed by atoms with van der Waals surface area (Å²) in [4.78, 5) is 85.5. The van der Waals surface area contributed by atoms with E-state index in [4.69, 9.17) is 4.74 Å². The molecule has 6 atom stereocenters. The van der Waals surface area contributed by atoms with Crippen molar-refractivity contribution in [2.24, 2.45) is 11.8 Å². The second-order valence-electron chi connectivity index (χ2n) is 12.5. The van der Waals surface area contributed by atoms with Crippen LogP contribution in [0.2, 0.25) is 0 Å². The molecule has 12 heteroatoms. The first-order chi connectivity index (χ1) is 21.3. The fourth-order valence-corrected chi connectivity index (χ4v) is 5.91. The highest BCUT2D eigenvalue weighted by Gasteiger charge is 2.42. The maximum atomic E-state index is 14.0. The lowest BCUT2D eigenvalue weighted by atomic mass is 9.94. The molecule has 5 amide bonds. The van der Waals surface area contributed by atoms with E-state index in [0.29, 0.717) is 25.8 Å². The predicted molar refractivity (Wildman–Crippen MR) is 167 cm³/mol. The standard InChI is InChI=1S/C33H49N5O7/c1-8-21(4)27-32(43)37(7)28(20(2)3)33(44)36(6)22(5)29(40)34-17-16-26(39)45-25(19-23-13-10-9-11-14-23)31(42)38-18-12-15-24(38)30(41)35-27/h9-11,13-14,20-22,24-25,27-28H,8,12,15-19H2,1-7H3,(H,34,40)(H,35,41)/t21-,22-,24+,25-,27+,28-/m0/s1. The molecule has 2 aliphatic heterocycles. The fourth-order valence-electron chi connectivity index (χ4n) is 5.91. The second-order valence-corrected chi connectivity index (χ2v) is 12.5. The first kappa shape index (κ1) is 35.5. The van der Waals surface area contributed by atoms with Crippen LogP contribution >= 0.6 is 0 Å². The third kappa shape index (κ3) is 8.61. The SMILES string of the molecule is CC[C@H](C)[C@H]1NC(=O)[C@H]2CCCN2C(=O)[C@H](Cc2ccccc2)OC(=O)CCNC(=O)[C@H](C)N(C)C(=O)[C@H](C(C)C)N(C)C1=O. The van der Waals surface area contributed by atoms with Crippen LogP contribution in [0.4, 0.5) is 0 Å². The monoisotopic (exact) mass is 627 g/mol. The summed E-state index contributed by atoms with van der Waals surface area (Å²) >= 11 is 0. The molecule has 12 nitrogen and oxygen atoms in total. The molecule has 1 aromatic rings. The zero-order valence-corrected chi connectivity index (χ0v) is 27.6. The Bertz CT molecular complexity index is 1240. The van der Waals surface area contributed by atoms with Crippen LogP contribution in [0.3, 0.4) is 0 Å². The van der Waals surface area contributed by atoms with Gasteiger partial charge in [-0.15, -0.1) is 0 Å². The van der Waals surface area contributed by atoms with Crippen molar-refractivity contribution in [3.8, 4) is 0 Å². The van der Waals surface area contributed by atoms with Crippen molar-refractivity contribution in [1.82, 2.24) is 25.3 Å². The maximum Gasteiger partial charge on any atom is 0.308 e. The summed E-state index contributed by atoms with van der Waals surface area (Å²) in [6.45, 7) is 9.19. The van der Waals surface area contributed by atoms with Crippen molar-refractivity contribution in [2.45, 2.75) is 97.0 Å². The quantitative estimate of drug-likeness (QED) is 0.471. The molecule has 0 saturated carbocycles. The molecule has 0 spiro atoms. The van der Waals surface area contributed by atoms with E-state index in [1.807, 2.05) is 58.0 Å². The Labute approximate surface area is 266 Å². The number of ether oxygens (including phenoxy) is 1. The Morgan fingerprint density at radius 3 is 2.20 bits per heavy atom. The summed E-state index contributed by atoms with van der Waals surface area (Å²) in [6.07, 6.45) is 0.271. The number of hydrogen-bond donors (Lipinski definition) is 2. The number of amides is 5. The number of benzene rings is 1. The molecule has 0 aliphatic carbocycles. The molecule has 2 N–H and O–H groups in total. The molecule has 45 heavy (non-hydrogen) atoms. The zero-order valence-electron chi connectivity index (χ0n) is 27.6. The molecular weight excluding hydrogens is 578 g/mol. The van der Waals surface area contributed by atoms with Gasteiger partial charge in [-0.3, -0.25) is 28.8 Å². The number of rotatable bonds is 5. The molecule has 248 valence electrons. The third-order valence-electron chi connectivity index (χ3n) is 9.01. The van der Waals surface area contributed by atoms with Gasteiger partial charge in [0.1, 0.15) is 24.2 Å². The van der Waals surface area contributed by atoms with Crippen LogP contribution in [0.15, 0.2) is 30.3 Å². The van der Waals surface area contributed by atoms with Gasteiger partial charge in [0.05, 0.1) is 6.42 Å². The number of fused-ring (bicyclic) bond motifs is 1. The Balaban J connectivity index is 2.02. The van der Waals surface area contributed by atoms with Gasteiger partial charge in [0.25, 0.3) is 5.91 Å². The molecule has 2 aliphatic rings. The molecule has 1 aromatic carbocycles. The van der Waals surface area contributed by atoms with Crippen LogP contribution in [0.25, 0.3) is 0 Å². The Morgan fingerprint density at radius 2 is 1.58 bits per heavy atom. The van der Waals surface area contributed by atoms with E-state index in [1.54, 1.807) is 6.92 Å². The summed E-state index contributed by atoms with van der Waals surface area (Å²) in [5.41, 5.74) is 0.780. The molecule has 0 bridgehead atoms. The highest BCUT2D eigenvalue weighted by Crippen LogP contribution is 2.23. The average Bonchev–Trinajstić information content (AvgIpc) is 3.51. The zero-order chi connectivity index (χ0) is 33.4. The smallest absolute Gasteiger partial charge is 0.308 e. The predicted octanol–water partition coefficient (Wildman–Crippen LogP) is 1.51. The van der Waals surface area contributed by atoms with Gasteiger partial charge < -0.3 is 30.1 Å². The average molecular weight is 628 g/mol. The molecule has 2 heterocycles. The minimum absolute atomic E-state index is 0.0619. The van der Waals surface area contributed by atoms with E-state index in [2.05, 4.69) is 10.6 Å². The molecule has 3 rings (SSSR count). The van der Waals surface area contributed by atoms with Crippen LogP contribution in [-0.4, -0.2) is 108 Å². The lowest BCUT2D eigenvalue weighted by Crippen LogP contribution is -2.60. The Kier molecular flexibility index (Phi) is 12.5. The summed E-state index contributed by atoms with van der Waals surface area (Å²) < 4.78 is 5.69. The van der Waals surface area contributed by atoms with E-state index in [1.165, 1.54) is 28.8 Å². The van der Waals surface area contributed by atoms with Gasteiger partial charge in [0.15, 0.2) is 6.10 Å². The van der Waals surface area contributed by atoms with Crippen molar-refractivity contribution in [3.05, 3.63) is 35.9 Å². The molecule has 0 radical (unpaired) electrons. The van der Waals surface area contributed by atoms with Crippen LogP contribution in [0, 0.1) is 11.8 Å². The van der Waals surface area contributed by atoms with E-state index >= 15 is 0 Å². The first-order valence-corrected chi connectivity index (χ1v) is 15.9. The van der Waals surface area contributed by atoms with Crippen molar-refractivity contribution < 1.29 is 33.5 Å². The summed E-state index contributed by atoms with van der Waals surface area (Å²) in [6, 6.07) is 5.53. The first-order valence-electron chi connectivity index (χ1n) is 15.9. The van der Waals surface area contributed by atoms with Gasteiger partial charge in [-0.1, -0.05) is 64.4 Å². The van der Waals surface area contributed by atoms with Gasteiger partial charge in [-0.05, 0) is 37.2 Å². The highest BCUT2D eigenvalue weighted by atomic mass is 16.5. The molecule has 2 saturated heterocycles. The minimum Gasteiger partial charge on any atom is -0.452 e. The number of hydrogen-bond acceptors (Lipinski definition) is 7. The highest BCUT2D eigenvalue weighted by molar-refractivity contribution is 5.96. The summed E-state index contributed by atoms with van der Waals surface area (Å²) in [5, 5.41) is 5.58. The van der Waals surface area contributed by atoms with E-state index in [0.717, 1.165) is 5.56 Å². The van der Waals surface area contributed by atoms with Gasteiger partial charge >= 0.3 is 5.97 Å². The number of nitrogens with zero attached hydrogens (tertiary/aromatic N) is 3. The molecular formula is C33H49N5O7. The number of carbonyl (C=O) groups excluding carboxylic acids is 6. The normalized spacial score (nSPS) is 27.3. The number of nitrogens with one attached hydrogen (secondary N) is 2. The maximum absolute atomic E-state index is 14.0. The molecule has 2 fully saturated rings. The van der Waals surface area contributed by atoms with Gasteiger partial charge in [-0.25, -0.2) is 0 Å². The van der Waals surface area contributed by atoms with E-state index < -0.39 is 65.8 Å². The topological polar surface area (TPSA) is 145 Å². The number of carbonyl (C=O) groups is 6. The minimum atomic E-state index is -1.18. The fraction of sp³-hybridized carbons (Fsp3) is 0.636. The van der Waals surface area contributed by atoms with Gasteiger partial charge in [0, 0.05) is 33.6 Å². The Hall–Kier alpha value is -3.96. The molecule has 0 unspecified atom stereocenters. The van der Waals surface area contributed by atoms with Crippen molar-refractivity contribution >= 4 is 35.5 Å². The molecule has 0 aromatic heterocycles. The number of likely N-dealkylation sites (N-methyl/N-ethyl adjacent to an activating group) is 2. The van der Waals surface area contributed by atoms with Crippen molar-refractivity contribution in [2.75, 3.05) is 27.2 Å².